The Labute approximate surface area is 150 Å². The quantitative estimate of drug-likeness (QED) is 0.723. The number of methoxy groups -OCH3 is 1. The smallest absolute Gasteiger partial charge is 0.493 e. The monoisotopic (exact) mass is 391 g/mol. The van der Waals surface area contributed by atoms with Crippen molar-refractivity contribution in [2.75, 3.05) is 7.11 Å². The summed E-state index contributed by atoms with van der Waals surface area (Å²) in [6.07, 6.45) is -7.74. The normalized spacial score (nSPS) is 11.4. The van der Waals surface area contributed by atoms with E-state index in [1.807, 2.05) is 0 Å². The van der Waals surface area contributed by atoms with Crippen molar-refractivity contribution in [1.82, 2.24) is 0 Å². The molecule has 0 aliphatic rings. The topological polar surface area (TPSA) is 70.8 Å². The first kappa shape index (κ1) is 20.3. The van der Waals surface area contributed by atoms with Crippen LogP contribution in [0.4, 0.5) is 22.0 Å². The van der Waals surface area contributed by atoms with Crippen LogP contribution >= 0.6 is 0 Å². The van der Waals surface area contributed by atoms with Gasteiger partial charge in [-0.3, -0.25) is 4.79 Å². The minimum absolute atomic E-state index is 0.125. The van der Waals surface area contributed by atoms with E-state index in [0.717, 1.165) is 37.4 Å². The van der Waals surface area contributed by atoms with E-state index in [-0.39, 0.29) is 28.4 Å². The molecule has 1 amide bonds. The lowest BCUT2D eigenvalue weighted by Gasteiger charge is -2.16. The Morgan fingerprint density at radius 3 is 2.26 bits per heavy atom. The molecule has 0 aliphatic heterocycles. The van der Waals surface area contributed by atoms with Crippen molar-refractivity contribution in [2.24, 2.45) is 5.73 Å². The lowest BCUT2D eigenvalue weighted by Crippen LogP contribution is -2.17. The molecule has 2 aromatic rings. The number of halogens is 5. The molecule has 0 bridgehead atoms. The Kier molecular flexibility index (Phi) is 5.77. The van der Waals surface area contributed by atoms with Gasteiger partial charge in [0.1, 0.15) is 11.5 Å². The summed E-state index contributed by atoms with van der Waals surface area (Å²) < 4.78 is 77.2. The summed E-state index contributed by atoms with van der Waals surface area (Å²) >= 11 is 0. The van der Waals surface area contributed by atoms with Crippen LogP contribution in [0.1, 0.15) is 27.9 Å². The number of hydrogen-bond donors (Lipinski definition) is 1. The highest BCUT2D eigenvalue weighted by molar-refractivity contribution is 5.97. The van der Waals surface area contributed by atoms with E-state index in [9.17, 15) is 26.7 Å². The van der Waals surface area contributed by atoms with E-state index in [4.69, 9.17) is 15.2 Å². The molecule has 0 saturated carbocycles. The van der Waals surface area contributed by atoms with Gasteiger partial charge in [0.05, 0.1) is 12.7 Å². The van der Waals surface area contributed by atoms with E-state index in [1.165, 1.54) is 6.92 Å². The second-order valence-corrected chi connectivity index (χ2v) is 5.34. The highest BCUT2D eigenvalue weighted by Crippen LogP contribution is 2.39. The van der Waals surface area contributed by atoms with Gasteiger partial charge in [-0.1, -0.05) is 0 Å². The Morgan fingerprint density at radius 1 is 1.07 bits per heavy atom. The fraction of sp³-hybridized carbons (Fsp3) is 0.235. The molecule has 0 unspecified atom stereocenters. The van der Waals surface area contributed by atoms with Crippen molar-refractivity contribution < 1.29 is 41.0 Å². The lowest BCUT2D eigenvalue weighted by atomic mass is 10.0. The Morgan fingerprint density at radius 2 is 1.74 bits per heavy atom. The van der Waals surface area contributed by atoms with Gasteiger partial charge in [-0.25, -0.2) is 8.78 Å². The van der Waals surface area contributed by atoms with Crippen LogP contribution in [-0.2, 0) is 0 Å². The van der Waals surface area contributed by atoms with Gasteiger partial charge in [0.25, 0.3) is 12.3 Å². The predicted octanol–water partition coefficient (Wildman–Crippen LogP) is 4.73. The van der Waals surface area contributed by atoms with Crippen molar-refractivity contribution in [2.45, 2.75) is 19.7 Å². The molecule has 27 heavy (non-hydrogen) atoms. The molecule has 2 aromatic carbocycles. The molecule has 0 aliphatic carbocycles. The lowest BCUT2D eigenvalue weighted by molar-refractivity contribution is -0.274. The molecule has 0 aromatic heterocycles. The van der Waals surface area contributed by atoms with Crippen LogP contribution in [0, 0.1) is 6.92 Å². The third kappa shape index (κ3) is 4.99. The van der Waals surface area contributed by atoms with Crippen LogP contribution < -0.4 is 19.9 Å². The van der Waals surface area contributed by atoms with Crippen LogP contribution in [0.15, 0.2) is 30.3 Å². The van der Waals surface area contributed by atoms with Crippen LogP contribution in [0.5, 0.6) is 23.0 Å². The standard InChI is InChI=1S/C17H14F5NO4/c1-8-5-9(15(18)19)6-13(14(8)16(23)24)26-11-4-3-10(7-12(11)25-2)27-17(20,21)22/h3-7,15H,1-2H3,(H2,23,24). The fourth-order valence-electron chi connectivity index (χ4n) is 2.35. The summed E-state index contributed by atoms with van der Waals surface area (Å²) in [5.41, 5.74) is 4.88. The molecular formula is C17H14F5NO4. The Bertz CT molecular complexity index is 852. The third-order valence-corrected chi connectivity index (χ3v) is 3.41. The third-order valence-electron chi connectivity index (χ3n) is 3.41. The molecule has 0 heterocycles. The number of alkyl halides is 5. The summed E-state index contributed by atoms with van der Waals surface area (Å²) in [7, 11) is 1.16. The summed E-state index contributed by atoms with van der Waals surface area (Å²) in [5, 5.41) is 0. The van der Waals surface area contributed by atoms with Crippen LogP contribution in [-0.4, -0.2) is 19.4 Å². The van der Waals surface area contributed by atoms with Crippen molar-refractivity contribution in [3.63, 3.8) is 0 Å². The molecule has 146 valence electrons. The number of primary amides is 1. The maximum atomic E-state index is 13.0. The molecule has 10 heteroatoms. The summed E-state index contributed by atoms with van der Waals surface area (Å²) in [5.74, 6) is -2.06. The zero-order chi connectivity index (χ0) is 20.4. The minimum Gasteiger partial charge on any atom is -0.493 e. The minimum atomic E-state index is -4.91. The van der Waals surface area contributed by atoms with Gasteiger partial charge in [0, 0.05) is 11.6 Å². The molecule has 0 radical (unpaired) electrons. The average molecular weight is 391 g/mol. The van der Waals surface area contributed by atoms with E-state index >= 15 is 0 Å². The maximum Gasteiger partial charge on any atom is 0.573 e. The first-order valence-corrected chi connectivity index (χ1v) is 7.36. The van der Waals surface area contributed by atoms with Gasteiger partial charge in [0.2, 0.25) is 0 Å². The summed E-state index contributed by atoms with van der Waals surface area (Å²) in [4.78, 5) is 11.7. The Balaban J connectivity index is 2.48. The van der Waals surface area contributed by atoms with E-state index < -0.39 is 30.0 Å². The molecule has 5 nitrogen and oxygen atoms in total. The number of benzene rings is 2. The number of carbonyl (C=O) groups excluding carboxylic acids is 1. The molecule has 2 rings (SSSR count). The number of hydrogen-bond acceptors (Lipinski definition) is 4. The number of aryl methyl sites for hydroxylation is 1. The summed E-state index contributed by atoms with van der Waals surface area (Å²) in [6.45, 7) is 1.40. The first-order chi connectivity index (χ1) is 12.5. The van der Waals surface area contributed by atoms with E-state index in [1.54, 1.807) is 0 Å². The van der Waals surface area contributed by atoms with Crippen molar-refractivity contribution >= 4 is 5.91 Å². The number of nitrogens with two attached hydrogens (primary N) is 1. The van der Waals surface area contributed by atoms with E-state index in [0.29, 0.717) is 0 Å². The van der Waals surface area contributed by atoms with Gasteiger partial charge in [0.15, 0.2) is 11.5 Å². The van der Waals surface area contributed by atoms with Gasteiger partial charge < -0.3 is 19.9 Å². The average Bonchev–Trinajstić information content (AvgIpc) is 2.53. The van der Waals surface area contributed by atoms with E-state index in [2.05, 4.69) is 4.74 Å². The van der Waals surface area contributed by atoms with Crippen molar-refractivity contribution in [1.29, 1.82) is 0 Å². The Hall–Kier alpha value is -3.04. The maximum absolute atomic E-state index is 13.0. The van der Waals surface area contributed by atoms with Crippen molar-refractivity contribution in [3.05, 3.63) is 47.0 Å². The number of rotatable bonds is 6. The van der Waals surface area contributed by atoms with Crippen LogP contribution in [0.2, 0.25) is 0 Å². The zero-order valence-corrected chi connectivity index (χ0v) is 14.1. The molecule has 2 N–H and O–H groups in total. The second-order valence-electron chi connectivity index (χ2n) is 5.34. The number of amides is 1. The highest BCUT2D eigenvalue weighted by atomic mass is 19.4. The van der Waals surface area contributed by atoms with Crippen LogP contribution in [0.3, 0.4) is 0 Å². The van der Waals surface area contributed by atoms with Gasteiger partial charge in [-0.05, 0) is 36.8 Å². The fourth-order valence-corrected chi connectivity index (χ4v) is 2.35. The second kappa shape index (κ2) is 7.68. The SMILES string of the molecule is COc1cc(OC(F)(F)F)ccc1Oc1cc(C(F)F)cc(C)c1C(N)=O. The van der Waals surface area contributed by atoms with Gasteiger partial charge in [-0.15, -0.1) is 13.2 Å². The molecule has 0 spiro atoms. The molecule has 0 atom stereocenters. The van der Waals surface area contributed by atoms with Gasteiger partial charge in [-0.2, -0.15) is 0 Å². The van der Waals surface area contributed by atoms with Gasteiger partial charge >= 0.3 is 6.36 Å². The highest BCUT2D eigenvalue weighted by Gasteiger charge is 2.31. The summed E-state index contributed by atoms with van der Waals surface area (Å²) in [6, 6.07) is 4.94. The number of carbonyl (C=O) groups is 1. The van der Waals surface area contributed by atoms with Crippen molar-refractivity contribution in [3.8, 4) is 23.0 Å². The molecule has 0 saturated heterocycles. The predicted molar refractivity (Wildman–Crippen MR) is 84.4 cm³/mol. The molecular weight excluding hydrogens is 377 g/mol. The van der Waals surface area contributed by atoms with Crippen LogP contribution in [0.25, 0.3) is 0 Å². The zero-order valence-electron chi connectivity index (χ0n) is 14.1. The number of ether oxygens (including phenoxy) is 3. The largest absolute Gasteiger partial charge is 0.573 e. The first-order valence-electron chi connectivity index (χ1n) is 7.36. The molecule has 0 fully saturated rings.